The Balaban J connectivity index is 1.74. The number of nitrogens with zero attached hydrogens (tertiary/aromatic N) is 1. The summed E-state index contributed by atoms with van der Waals surface area (Å²) in [6.07, 6.45) is 1.59. The monoisotopic (exact) mass is 451 g/mol. The van der Waals surface area contributed by atoms with Gasteiger partial charge in [0.05, 0.1) is 17.1 Å². The molecule has 1 saturated heterocycles. The number of benzene rings is 2. The number of sulfonamides is 1. The summed E-state index contributed by atoms with van der Waals surface area (Å²) in [4.78, 5) is 12.0. The average molecular weight is 452 g/mol. The highest BCUT2D eigenvalue weighted by atomic mass is 79.9. The lowest BCUT2D eigenvalue weighted by Crippen LogP contribution is -2.38. The molecule has 7 heteroatoms. The van der Waals surface area contributed by atoms with Crippen molar-refractivity contribution in [3.63, 3.8) is 0 Å². The van der Waals surface area contributed by atoms with Crippen LogP contribution in [0.1, 0.15) is 41.6 Å². The van der Waals surface area contributed by atoms with Gasteiger partial charge in [-0.25, -0.2) is 13.2 Å². The third kappa shape index (κ3) is 4.42. The van der Waals surface area contributed by atoms with Crippen molar-refractivity contribution in [3.05, 3.63) is 64.1 Å². The Morgan fingerprint density at radius 1 is 1.15 bits per heavy atom. The largest absolute Gasteiger partial charge is 0.462 e. The van der Waals surface area contributed by atoms with Gasteiger partial charge in [0.2, 0.25) is 10.0 Å². The summed E-state index contributed by atoms with van der Waals surface area (Å²) in [6.45, 7) is 2.96. The maximum atomic E-state index is 13.0. The Kier molecular flexibility index (Phi) is 6.34. The summed E-state index contributed by atoms with van der Waals surface area (Å²) in [5.41, 5.74) is 1.58. The van der Waals surface area contributed by atoms with Crippen LogP contribution >= 0.6 is 15.9 Å². The predicted molar refractivity (Wildman–Crippen MR) is 107 cm³/mol. The Morgan fingerprint density at radius 2 is 1.81 bits per heavy atom. The Hall–Kier alpha value is -1.70. The Bertz CT molecular complexity index is 907. The smallest absolute Gasteiger partial charge is 0.338 e. The maximum absolute atomic E-state index is 13.0. The zero-order chi connectivity index (χ0) is 19.4. The lowest BCUT2D eigenvalue weighted by Gasteiger charge is -2.31. The molecule has 27 heavy (non-hydrogen) atoms. The molecule has 0 amide bonds. The summed E-state index contributed by atoms with van der Waals surface area (Å²) in [7, 11) is -3.62. The van der Waals surface area contributed by atoms with E-state index in [1.54, 1.807) is 6.92 Å². The van der Waals surface area contributed by atoms with E-state index in [1.807, 2.05) is 18.2 Å². The highest BCUT2D eigenvalue weighted by Gasteiger charge is 2.31. The second-order valence-corrected chi connectivity index (χ2v) is 9.22. The molecule has 5 nitrogen and oxygen atoms in total. The molecular formula is C20H22BrNO4S. The quantitative estimate of drug-likeness (QED) is 0.639. The molecule has 2 aromatic rings. The fraction of sp³-hybridized carbons (Fsp3) is 0.350. The summed E-state index contributed by atoms with van der Waals surface area (Å²) < 4.78 is 32.9. The first-order valence-electron chi connectivity index (χ1n) is 8.95. The van der Waals surface area contributed by atoms with Crippen LogP contribution in [0.4, 0.5) is 0 Å². The van der Waals surface area contributed by atoms with Gasteiger partial charge in [-0.1, -0.05) is 30.3 Å². The molecule has 3 rings (SSSR count). The van der Waals surface area contributed by atoms with Gasteiger partial charge in [0, 0.05) is 17.6 Å². The lowest BCUT2D eigenvalue weighted by atomic mass is 9.90. The molecule has 0 radical (unpaired) electrons. The predicted octanol–water partition coefficient (Wildman–Crippen LogP) is 4.19. The molecular weight excluding hydrogens is 430 g/mol. The van der Waals surface area contributed by atoms with Crippen LogP contribution < -0.4 is 0 Å². The Labute approximate surface area is 168 Å². The second kappa shape index (κ2) is 8.54. The van der Waals surface area contributed by atoms with Crippen LogP contribution in [0.5, 0.6) is 0 Å². The molecule has 1 fully saturated rings. The van der Waals surface area contributed by atoms with E-state index in [-0.39, 0.29) is 11.5 Å². The first kappa shape index (κ1) is 20.0. The molecule has 0 spiro atoms. The van der Waals surface area contributed by atoms with Crippen LogP contribution in [-0.4, -0.2) is 38.4 Å². The molecule has 1 aliphatic rings. The fourth-order valence-corrected chi connectivity index (χ4v) is 5.85. The first-order chi connectivity index (χ1) is 12.9. The van der Waals surface area contributed by atoms with Crippen LogP contribution in [0.3, 0.4) is 0 Å². The SMILES string of the molecule is CCOC(=O)c1ccc(S(=O)(=O)N2CCC(c3ccccc3)CC2)c(Br)c1. The molecule has 0 saturated carbocycles. The fourth-order valence-electron chi connectivity index (χ4n) is 3.35. The number of hydrogen-bond donors (Lipinski definition) is 0. The summed E-state index contributed by atoms with van der Waals surface area (Å²) in [6, 6.07) is 14.7. The third-order valence-electron chi connectivity index (χ3n) is 4.79. The van der Waals surface area contributed by atoms with Gasteiger partial charge in [-0.3, -0.25) is 0 Å². The van der Waals surface area contributed by atoms with Crippen LogP contribution in [-0.2, 0) is 14.8 Å². The van der Waals surface area contributed by atoms with Gasteiger partial charge in [0.25, 0.3) is 0 Å². The molecule has 0 bridgehead atoms. The number of carbonyl (C=O) groups excluding carboxylic acids is 1. The average Bonchev–Trinajstić information content (AvgIpc) is 2.68. The van der Waals surface area contributed by atoms with Crippen LogP contribution in [0.2, 0.25) is 0 Å². The van der Waals surface area contributed by atoms with Gasteiger partial charge in [-0.2, -0.15) is 4.31 Å². The van der Waals surface area contributed by atoms with Crippen LogP contribution in [0.25, 0.3) is 0 Å². The minimum Gasteiger partial charge on any atom is -0.462 e. The molecule has 0 atom stereocenters. The number of halogens is 1. The van der Waals surface area contributed by atoms with Crippen LogP contribution in [0, 0.1) is 0 Å². The summed E-state index contributed by atoms with van der Waals surface area (Å²) in [5.74, 6) is -0.0851. The topological polar surface area (TPSA) is 63.7 Å². The van der Waals surface area contributed by atoms with Gasteiger partial charge < -0.3 is 4.74 Å². The first-order valence-corrected chi connectivity index (χ1v) is 11.2. The zero-order valence-electron chi connectivity index (χ0n) is 15.1. The van der Waals surface area contributed by atoms with Crippen molar-refractivity contribution < 1.29 is 17.9 Å². The molecule has 1 aliphatic heterocycles. The zero-order valence-corrected chi connectivity index (χ0v) is 17.5. The minimum absolute atomic E-state index is 0.175. The van der Waals surface area contributed by atoms with E-state index in [2.05, 4.69) is 28.1 Å². The van der Waals surface area contributed by atoms with Gasteiger partial charge in [0.1, 0.15) is 0 Å². The van der Waals surface area contributed by atoms with Crippen molar-refractivity contribution in [3.8, 4) is 0 Å². The van der Waals surface area contributed by atoms with Crippen molar-refractivity contribution in [2.24, 2.45) is 0 Å². The standard InChI is InChI=1S/C20H22BrNO4S/c1-2-26-20(23)17-8-9-19(18(21)14-17)27(24,25)22-12-10-16(11-13-22)15-6-4-3-5-7-15/h3-9,14,16H,2,10-13H2,1H3. The highest BCUT2D eigenvalue weighted by Crippen LogP contribution is 2.33. The van der Waals surface area contributed by atoms with Gasteiger partial charge >= 0.3 is 5.97 Å². The minimum atomic E-state index is -3.62. The van der Waals surface area contributed by atoms with Crippen molar-refractivity contribution in [1.82, 2.24) is 4.31 Å². The van der Waals surface area contributed by atoms with Crippen molar-refractivity contribution in [2.75, 3.05) is 19.7 Å². The molecule has 2 aromatic carbocycles. The number of ether oxygens (including phenoxy) is 1. The Morgan fingerprint density at radius 3 is 2.41 bits per heavy atom. The van der Waals surface area contributed by atoms with E-state index in [9.17, 15) is 13.2 Å². The number of carbonyl (C=O) groups is 1. The van der Waals surface area contributed by atoms with E-state index in [0.717, 1.165) is 12.8 Å². The van der Waals surface area contributed by atoms with E-state index in [4.69, 9.17) is 4.74 Å². The molecule has 144 valence electrons. The molecule has 0 N–H and O–H groups in total. The number of esters is 1. The lowest BCUT2D eigenvalue weighted by molar-refractivity contribution is 0.0526. The van der Waals surface area contributed by atoms with E-state index < -0.39 is 16.0 Å². The van der Waals surface area contributed by atoms with Crippen LogP contribution in [0.15, 0.2) is 57.9 Å². The van der Waals surface area contributed by atoms with E-state index in [1.165, 1.54) is 28.1 Å². The summed E-state index contributed by atoms with van der Waals surface area (Å²) >= 11 is 3.30. The van der Waals surface area contributed by atoms with Crippen molar-refractivity contribution >= 4 is 31.9 Å². The van der Waals surface area contributed by atoms with Gasteiger partial charge in [0.15, 0.2) is 0 Å². The number of rotatable bonds is 5. The highest BCUT2D eigenvalue weighted by molar-refractivity contribution is 9.10. The van der Waals surface area contributed by atoms with Gasteiger partial charge in [-0.15, -0.1) is 0 Å². The second-order valence-electron chi connectivity index (χ2n) is 6.45. The van der Waals surface area contributed by atoms with Crippen molar-refractivity contribution in [2.45, 2.75) is 30.6 Å². The maximum Gasteiger partial charge on any atom is 0.338 e. The van der Waals surface area contributed by atoms with E-state index >= 15 is 0 Å². The molecule has 1 heterocycles. The molecule has 0 aromatic heterocycles. The third-order valence-corrected chi connectivity index (χ3v) is 7.66. The van der Waals surface area contributed by atoms with Gasteiger partial charge in [-0.05, 0) is 65.4 Å². The number of piperidine rings is 1. The number of hydrogen-bond acceptors (Lipinski definition) is 4. The van der Waals surface area contributed by atoms with E-state index in [0.29, 0.717) is 29.0 Å². The summed E-state index contributed by atoms with van der Waals surface area (Å²) in [5, 5.41) is 0. The molecule has 0 unspecified atom stereocenters. The van der Waals surface area contributed by atoms with Crippen molar-refractivity contribution in [1.29, 1.82) is 0 Å². The normalized spacial score (nSPS) is 16.2. The molecule has 0 aliphatic carbocycles.